The lowest BCUT2D eigenvalue weighted by Gasteiger charge is -2.34. The Balaban J connectivity index is 0.00000541. The summed E-state index contributed by atoms with van der Waals surface area (Å²) in [5.41, 5.74) is 6.92. The molecule has 0 aliphatic carbocycles. The number of hydrogen-bond donors (Lipinski definition) is 0. The van der Waals surface area contributed by atoms with Crippen molar-refractivity contribution < 1.29 is 23.4 Å². The Labute approximate surface area is 322 Å². The van der Waals surface area contributed by atoms with Gasteiger partial charge in [0.1, 0.15) is 23.9 Å². The third-order valence-corrected chi connectivity index (χ3v) is 9.17. The molecule has 10 heteroatoms. The number of aromatic nitrogens is 1. The first-order valence-electron chi connectivity index (χ1n) is 17.5. The van der Waals surface area contributed by atoms with Gasteiger partial charge < -0.3 is 19.1 Å². The van der Waals surface area contributed by atoms with Crippen molar-refractivity contribution >= 4 is 36.0 Å². The number of hydrogen-bond acceptors (Lipinski definition) is 6. The van der Waals surface area contributed by atoms with Gasteiger partial charge in [-0.25, -0.2) is 9.37 Å². The minimum atomic E-state index is -0.291. The number of carbonyl (C=O) groups excluding carboxylic acids is 1. The molecule has 0 unspecified atom stereocenters. The van der Waals surface area contributed by atoms with Gasteiger partial charge >= 0.3 is 0 Å². The van der Waals surface area contributed by atoms with Crippen LogP contribution in [0.1, 0.15) is 38.9 Å². The molecule has 1 amide bonds. The normalized spacial score (nSPS) is 13.1. The summed E-state index contributed by atoms with van der Waals surface area (Å²) in [5, 5.41) is 0.410. The minimum Gasteiger partial charge on any atom is -0.493 e. The molecule has 0 saturated carbocycles. The largest absolute Gasteiger partial charge is 0.493 e. The van der Waals surface area contributed by atoms with Crippen LogP contribution in [-0.2, 0) is 24.4 Å². The van der Waals surface area contributed by atoms with Crippen LogP contribution in [0.25, 0.3) is 6.08 Å². The predicted molar refractivity (Wildman–Crippen MR) is 211 cm³/mol. The van der Waals surface area contributed by atoms with Crippen LogP contribution in [0, 0.1) is 26.6 Å². The highest BCUT2D eigenvalue weighted by Gasteiger charge is 2.20. The second-order valence-corrected chi connectivity index (χ2v) is 13.6. The minimum absolute atomic E-state index is 0. The number of nitrogens with zero attached hydrogens (tertiary/aromatic N) is 3. The molecule has 0 spiro atoms. The van der Waals surface area contributed by atoms with E-state index < -0.39 is 0 Å². The van der Waals surface area contributed by atoms with Crippen LogP contribution in [0.2, 0.25) is 5.02 Å². The van der Waals surface area contributed by atoms with E-state index in [1.54, 1.807) is 36.5 Å². The van der Waals surface area contributed by atoms with Crippen molar-refractivity contribution in [1.82, 2.24) is 14.8 Å². The smallest absolute Gasteiger partial charge is 0.246 e. The second kappa shape index (κ2) is 18.7. The topological polar surface area (TPSA) is 64.1 Å². The summed E-state index contributed by atoms with van der Waals surface area (Å²) in [4.78, 5) is 21.6. The van der Waals surface area contributed by atoms with Crippen LogP contribution >= 0.6 is 24.0 Å². The summed E-state index contributed by atoms with van der Waals surface area (Å²) in [6, 6.07) is 28.8. The number of aryl methyl sites for hydroxylation is 3. The number of ether oxygens (including phenoxy) is 3. The van der Waals surface area contributed by atoms with E-state index in [-0.39, 0.29) is 30.7 Å². The molecule has 1 saturated heterocycles. The Morgan fingerprint density at radius 1 is 0.811 bits per heavy atom. The molecule has 7 nitrogen and oxygen atoms in total. The average Bonchev–Trinajstić information content (AvgIpc) is 3.13. The molecule has 1 aliphatic rings. The van der Waals surface area contributed by atoms with Crippen LogP contribution in [-0.4, -0.2) is 53.5 Å². The molecule has 6 rings (SSSR count). The Bertz CT molecular complexity index is 1950. The fourth-order valence-electron chi connectivity index (χ4n) is 6.05. The fraction of sp³-hybridized carbons (Fsp3) is 0.256. The van der Waals surface area contributed by atoms with E-state index in [9.17, 15) is 9.18 Å². The quantitative estimate of drug-likeness (QED) is 0.112. The Morgan fingerprint density at radius 2 is 1.53 bits per heavy atom. The molecular formula is C43H44Cl2FN3O4. The Kier molecular flexibility index (Phi) is 13.9. The maximum atomic E-state index is 13.7. The number of halogens is 3. The van der Waals surface area contributed by atoms with Gasteiger partial charge in [0.05, 0.1) is 17.8 Å². The summed E-state index contributed by atoms with van der Waals surface area (Å²) < 4.78 is 31.3. The van der Waals surface area contributed by atoms with Gasteiger partial charge in [0.25, 0.3) is 0 Å². The van der Waals surface area contributed by atoms with Gasteiger partial charge in [0.2, 0.25) is 11.8 Å². The number of benzene rings is 4. The van der Waals surface area contributed by atoms with E-state index in [0.29, 0.717) is 42.1 Å². The van der Waals surface area contributed by atoms with Gasteiger partial charge in [-0.15, -0.1) is 12.4 Å². The van der Waals surface area contributed by atoms with Crippen molar-refractivity contribution in [3.05, 3.63) is 153 Å². The molecule has 5 aromatic rings. The first-order chi connectivity index (χ1) is 25.2. The van der Waals surface area contributed by atoms with Gasteiger partial charge in [-0.2, -0.15) is 0 Å². The summed E-state index contributed by atoms with van der Waals surface area (Å²) in [7, 11) is 0. The molecule has 0 bridgehead atoms. The van der Waals surface area contributed by atoms with E-state index in [4.69, 9.17) is 25.8 Å². The van der Waals surface area contributed by atoms with Crippen molar-refractivity contribution in [3.63, 3.8) is 0 Å². The molecule has 1 aliphatic heterocycles. The number of rotatable bonds is 13. The van der Waals surface area contributed by atoms with E-state index in [1.165, 1.54) is 28.8 Å². The van der Waals surface area contributed by atoms with E-state index in [2.05, 4.69) is 53.2 Å². The van der Waals surface area contributed by atoms with E-state index in [0.717, 1.165) is 54.1 Å². The summed E-state index contributed by atoms with van der Waals surface area (Å²) in [6.45, 7) is 10.5. The lowest BCUT2D eigenvalue weighted by molar-refractivity contribution is -0.127. The van der Waals surface area contributed by atoms with Crippen LogP contribution in [0.4, 0.5) is 4.39 Å². The lowest BCUT2D eigenvalue weighted by Crippen LogP contribution is -2.47. The molecule has 2 heterocycles. The van der Waals surface area contributed by atoms with Crippen molar-refractivity contribution in [1.29, 1.82) is 0 Å². The summed E-state index contributed by atoms with van der Waals surface area (Å²) in [6.07, 6.45) is 5.80. The molecule has 0 radical (unpaired) electrons. The number of piperazine rings is 1. The van der Waals surface area contributed by atoms with Crippen LogP contribution in [0.5, 0.6) is 23.1 Å². The third kappa shape index (κ3) is 11.5. The molecule has 1 fully saturated rings. The van der Waals surface area contributed by atoms with Gasteiger partial charge in [-0.05, 0) is 103 Å². The molecule has 53 heavy (non-hydrogen) atoms. The van der Waals surface area contributed by atoms with Gasteiger partial charge in [-0.1, -0.05) is 59.6 Å². The highest BCUT2D eigenvalue weighted by Crippen LogP contribution is 2.34. The zero-order valence-corrected chi connectivity index (χ0v) is 31.8. The molecule has 4 aromatic carbocycles. The molecule has 0 atom stereocenters. The molecule has 276 valence electrons. The standard InChI is InChI=1S/C43H43ClFN3O4.ClH/c1-30-4-11-38(12-5-30)50-21-16-33-6-8-34(9-7-33)28-47-17-19-48(20-18-47)42(49)15-10-35-24-32(3)43(40(44)26-35)52-41-14-13-39(27-46-41)51-29-36-22-31(2)23-37(45)25-36;/h4-15,22-27H,16-21,28-29H2,1-3H3;1H. The van der Waals surface area contributed by atoms with Crippen LogP contribution in [0.3, 0.4) is 0 Å². The zero-order chi connectivity index (χ0) is 36.5. The highest BCUT2D eigenvalue weighted by molar-refractivity contribution is 6.32. The first kappa shape index (κ1) is 39.3. The maximum Gasteiger partial charge on any atom is 0.246 e. The number of amides is 1. The zero-order valence-electron chi connectivity index (χ0n) is 30.2. The molecular weight excluding hydrogens is 712 g/mol. The van der Waals surface area contributed by atoms with Crippen LogP contribution in [0.15, 0.2) is 103 Å². The van der Waals surface area contributed by atoms with E-state index in [1.807, 2.05) is 43.0 Å². The average molecular weight is 757 g/mol. The van der Waals surface area contributed by atoms with Crippen molar-refractivity contribution in [2.24, 2.45) is 0 Å². The van der Waals surface area contributed by atoms with Crippen LogP contribution < -0.4 is 14.2 Å². The SMILES string of the molecule is Cc1ccc(OCCc2ccc(CN3CCN(C(=O)C=Cc4cc(C)c(Oc5ccc(OCc6cc(C)cc(F)c6)cn5)c(Cl)c4)CC3)cc2)cc1.Cl. The Morgan fingerprint density at radius 3 is 2.21 bits per heavy atom. The van der Waals surface area contributed by atoms with Gasteiger partial charge in [0.15, 0.2) is 5.75 Å². The fourth-order valence-corrected chi connectivity index (χ4v) is 6.37. The number of pyridine rings is 1. The van der Waals surface area contributed by atoms with Crippen molar-refractivity contribution in [2.75, 3.05) is 32.8 Å². The lowest BCUT2D eigenvalue weighted by atomic mass is 10.1. The Hall–Kier alpha value is -4.89. The molecule has 0 N–H and O–H groups in total. The number of carbonyl (C=O) groups is 1. The summed E-state index contributed by atoms with van der Waals surface area (Å²) >= 11 is 6.62. The maximum absolute atomic E-state index is 13.7. The van der Waals surface area contributed by atoms with Crippen molar-refractivity contribution in [2.45, 2.75) is 40.3 Å². The van der Waals surface area contributed by atoms with Gasteiger partial charge in [0, 0.05) is 51.3 Å². The first-order valence-corrected chi connectivity index (χ1v) is 17.8. The highest BCUT2D eigenvalue weighted by atomic mass is 35.5. The van der Waals surface area contributed by atoms with E-state index >= 15 is 0 Å². The second-order valence-electron chi connectivity index (χ2n) is 13.2. The monoisotopic (exact) mass is 755 g/mol. The van der Waals surface area contributed by atoms with Gasteiger partial charge in [-0.3, -0.25) is 9.69 Å². The third-order valence-electron chi connectivity index (χ3n) is 8.89. The summed E-state index contributed by atoms with van der Waals surface area (Å²) in [5.74, 6) is 1.96. The van der Waals surface area contributed by atoms with Crippen molar-refractivity contribution in [3.8, 4) is 23.1 Å². The predicted octanol–water partition coefficient (Wildman–Crippen LogP) is 9.57. The molecule has 1 aromatic heterocycles.